The normalized spacial score (nSPS) is 10.8. The lowest BCUT2D eigenvalue weighted by Gasteiger charge is -2.10. The van der Waals surface area contributed by atoms with Gasteiger partial charge in [-0.05, 0) is 13.0 Å². The van der Waals surface area contributed by atoms with Crippen molar-refractivity contribution in [1.82, 2.24) is 10.2 Å². The SMILES string of the molecule is COCCOc1cc(F)cc(-c2c(N)n[nH]c2C)c1F. The number of nitrogens with two attached hydrogens (primary N) is 1. The van der Waals surface area contributed by atoms with Crippen LogP contribution in [0.1, 0.15) is 5.69 Å². The lowest BCUT2D eigenvalue weighted by atomic mass is 10.0. The second-order valence-electron chi connectivity index (χ2n) is 4.22. The fourth-order valence-electron chi connectivity index (χ4n) is 1.87. The molecule has 7 heteroatoms. The van der Waals surface area contributed by atoms with Crippen LogP contribution in [0.15, 0.2) is 12.1 Å². The number of ether oxygens (including phenoxy) is 2. The van der Waals surface area contributed by atoms with Gasteiger partial charge in [-0.3, -0.25) is 5.10 Å². The fourth-order valence-corrected chi connectivity index (χ4v) is 1.87. The number of hydrogen-bond donors (Lipinski definition) is 2. The van der Waals surface area contributed by atoms with E-state index in [4.69, 9.17) is 15.2 Å². The summed E-state index contributed by atoms with van der Waals surface area (Å²) in [4.78, 5) is 0. The van der Waals surface area contributed by atoms with Crippen molar-refractivity contribution in [1.29, 1.82) is 0 Å². The first kappa shape index (κ1) is 14.3. The van der Waals surface area contributed by atoms with Crippen LogP contribution in [0.25, 0.3) is 11.1 Å². The van der Waals surface area contributed by atoms with Gasteiger partial charge >= 0.3 is 0 Å². The van der Waals surface area contributed by atoms with Crippen molar-refractivity contribution in [2.45, 2.75) is 6.92 Å². The van der Waals surface area contributed by atoms with E-state index in [0.717, 1.165) is 12.1 Å². The Morgan fingerprint density at radius 3 is 2.65 bits per heavy atom. The number of aryl methyl sites for hydroxylation is 1. The predicted molar refractivity (Wildman–Crippen MR) is 70.5 cm³/mol. The smallest absolute Gasteiger partial charge is 0.173 e. The molecule has 0 saturated heterocycles. The highest BCUT2D eigenvalue weighted by Crippen LogP contribution is 2.34. The van der Waals surface area contributed by atoms with Gasteiger partial charge in [0.05, 0.1) is 6.61 Å². The molecule has 1 heterocycles. The zero-order valence-electron chi connectivity index (χ0n) is 11.2. The van der Waals surface area contributed by atoms with E-state index in [2.05, 4.69) is 10.2 Å². The highest BCUT2D eigenvalue weighted by Gasteiger charge is 2.19. The molecule has 0 radical (unpaired) electrons. The number of nitrogens with one attached hydrogen (secondary N) is 1. The van der Waals surface area contributed by atoms with Crippen molar-refractivity contribution in [2.75, 3.05) is 26.1 Å². The van der Waals surface area contributed by atoms with E-state index in [0.29, 0.717) is 11.3 Å². The molecule has 108 valence electrons. The molecular formula is C13H15F2N3O2. The molecule has 0 aliphatic rings. The second kappa shape index (κ2) is 5.87. The number of methoxy groups -OCH3 is 1. The molecular weight excluding hydrogens is 268 g/mol. The summed E-state index contributed by atoms with van der Waals surface area (Å²) in [6.07, 6.45) is 0. The van der Waals surface area contributed by atoms with Gasteiger partial charge in [-0.15, -0.1) is 0 Å². The molecule has 1 aromatic heterocycles. The number of halogens is 2. The zero-order chi connectivity index (χ0) is 14.7. The van der Waals surface area contributed by atoms with Crippen LogP contribution in [-0.2, 0) is 4.74 Å². The number of nitrogen functional groups attached to an aromatic ring is 1. The molecule has 2 aromatic rings. The van der Waals surface area contributed by atoms with Crippen LogP contribution >= 0.6 is 0 Å². The summed E-state index contributed by atoms with van der Waals surface area (Å²) in [6.45, 7) is 2.07. The Morgan fingerprint density at radius 2 is 2.05 bits per heavy atom. The maximum atomic E-state index is 14.4. The molecule has 0 aliphatic heterocycles. The van der Waals surface area contributed by atoms with Crippen molar-refractivity contribution >= 4 is 5.82 Å². The van der Waals surface area contributed by atoms with Crippen LogP contribution < -0.4 is 10.5 Å². The molecule has 5 nitrogen and oxygen atoms in total. The zero-order valence-corrected chi connectivity index (χ0v) is 11.2. The van der Waals surface area contributed by atoms with Crippen molar-refractivity contribution < 1.29 is 18.3 Å². The molecule has 2 rings (SSSR count). The van der Waals surface area contributed by atoms with Crippen LogP contribution in [0.3, 0.4) is 0 Å². The highest BCUT2D eigenvalue weighted by molar-refractivity contribution is 5.77. The molecule has 0 spiro atoms. The molecule has 0 saturated carbocycles. The summed E-state index contributed by atoms with van der Waals surface area (Å²) in [6, 6.07) is 2.05. The lowest BCUT2D eigenvalue weighted by molar-refractivity contribution is 0.143. The number of H-pyrrole nitrogens is 1. The number of benzene rings is 1. The number of nitrogens with zero attached hydrogens (tertiary/aromatic N) is 1. The van der Waals surface area contributed by atoms with Gasteiger partial charge in [-0.2, -0.15) is 5.10 Å². The Bertz CT molecular complexity index is 594. The van der Waals surface area contributed by atoms with E-state index in [9.17, 15) is 8.78 Å². The van der Waals surface area contributed by atoms with E-state index in [-0.39, 0.29) is 30.3 Å². The van der Waals surface area contributed by atoms with Crippen molar-refractivity contribution in [3.05, 3.63) is 29.5 Å². The molecule has 0 amide bonds. The van der Waals surface area contributed by atoms with Crippen molar-refractivity contribution in [2.24, 2.45) is 0 Å². The maximum Gasteiger partial charge on any atom is 0.173 e. The Hall–Kier alpha value is -2.15. The van der Waals surface area contributed by atoms with E-state index >= 15 is 0 Å². The monoisotopic (exact) mass is 283 g/mol. The number of aromatic amines is 1. The first-order chi connectivity index (χ1) is 9.54. The summed E-state index contributed by atoms with van der Waals surface area (Å²) in [5, 5.41) is 6.40. The average Bonchev–Trinajstić information content (AvgIpc) is 2.73. The summed E-state index contributed by atoms with van der Waals surface area (Å²) < 4.78 is 38.0. The highest BCUT2D eigenvalue weighted by atomic mass is 19.1. The second-order valence-corrected chi connectivity index (χ2v) is 4.22. The molecule has 0 bridgehead atoms. The number of anilines is 1. The van der Waals surface area contributed by atoms with Gasteiger partial charge in [-0.1, -0.05) is 0 Å². The molecule has 0 unspecified atom stereocenters. The molecule has 0 aliphatic carbocycles. The minimum Gasteiger partial charge on any atom is -0.488 e. The minimum atomic E-state index is -0.682. The van der Waals surface area contributed by atoms with Gasteiger partial charge in [0.15, 0.2) is 17.4 Å². The number of aromatic nitrogens is 2. The Labute approximate surface area is 114 Å². The van der Waals surface area contributed by atoms with E-state index in [1.165, 1.54) is 7.11 Å². The first-order valence-electron chi connectivity index (χ1n) is 5.96. The van der Waals surface area contributed by atoms with Gasteiger partial charge < -0.3 is 15.2 Å². The topological polar surface area (TPSA) is 73.2 Å². The third kappa shape index (κ3) is 2.72. The standard InChI is InChI=1S/C13H15F2N3O2/c1-7-11(13(16)18-17-7)9-5-8(14)6-10(12(9)15)20-4-3-19-2/h5-6H,3-4H2,1-2H3,(H3,16,17,18). The van der Waals surface area contributed by atoms with Crippen molar-refractivity contribution in [3.63, 3.8) is 0 Å². The summed E-state index contributed by atoms with van der Waals surface area (Å²) in [5.74, 6) is -1.38. The maximum absolute atomic E-state index is 14.4. The summed E-state index contributed by atoms with van der Waals surface area (Å²) in [7, 11) is 1.49. The molecule has 0 fully saturated rings. The van der Waals surface area contributed by atoms with E-state index in [1.807, 2.05) is 0 Å². The lowest BCUT2D eigenvalue weighted by Crippen LogP contribution is -2.06. The molecule has 20 heavy (non-hydrogen) atoms. The first-order valence-corrected chi connectivity index (χ1v) is 5.96. The number of rotatable bonds is 5. The van der Waals surface area contributed by atoms with Gasteiger partial charge in [0.2, 0.25) is 0 Å². The Balaban J connectivity index is 2.44. The van der Waals surface area contributed by atoms with E-state index < -0.39 is 11.6 Å². The summed E-state index contributed by atoms with van der Waals surface area (Å²) >= 11 is 0. The number of hydrogen-bond acceptors (Lipinski definition) is 4. The molecule has 3 N–H and O–H groups in total. The Morgan fingerprint density at radius 1 is 1.30 bits per heavy atom. The van der Waals surface area contributed by atoms with Crippen LogP contribution in [0.2, 0.25) is 0 Å². The van der Waals surface area contributed by atoms with Crippen LogP contribution in [-0.4, -0.2) is 30.5 Å². The minimum absolute atomic E-state index is 0.0150. The van der Waals surface area contributed by atoms with Crippen molar-refractivity contribution in [3.8, 4) is 16.9 Å². The van der Waals surface area contributed by atoms with Crippen LogP contribution in [0, 0.1) is 18.6 Å². The molecule has 1 aromatic carbocycles. The van der Waals surface area contributed by atoms with Crippen LogP contribution in [0.5, 0.6) is 5.75 Å². The van der Waals surface area contributed by atoms with Gasteiger partial charge in [0.25, 0.3) is 0 Å². The third-order valence-corrected chi connectivity index (χ3v) is 2.79. The summed E-state index contributed by atoms with van der Waals surface area (Å²) in [5.41, 5.74) is 6.57. The van der Waals surface area contributed by atoms with E-state index in [1.54, 1.807) is 6.92 Å². The quantitative estimate of drug-likeness (QED) is 0.826. The van der Waals surface area contributed by atoms with Gasteiger partial charge in [0.1, 0.15) is 12.4 Å². The predicted octanol–water partition coefficient (Wildman–Crippen LogP) is 2.27. The largest absolute Gasteiger partial charge is 0.488 e. The third-order valence-electron chi connectivity index (χ3n) is 2.79. The van der Waals surface area contributed by atoms with Crippen LogP contribution in [0.4, 0.5) is 14.6 Å². The van der Waals surface area contributed by atoms with Gasteiger partial charge in [0, 0.05) is 30.0 Å². The average molecular weight is 283 g/mol. The fraction of sp³-hybridized carbons (Fsp3) is 0.308. The molecule has 0 atom stereocenters. The Kier molecular flexibility index (Phi) is 4.19. The van der Waals surface area contributed by atoms with Gasteiger partial charge in [-0.25, -0.2) is 8.78 Å².